The van der Waals surface area contributed by atoms with Crippen molar-refractivity contribution in [3.63, 3.8) is 0 Å². The van der Waals surface area contributed by atoms with E-state index in [1.54, 1.807) is 24.3 Å². The fourth-order valence-electron chi connectivity index (χ4n) is 4.73. The fraction of sp³-hybridized carbons (Fsp3) is 0.360. The summed E-state index contributed by atoms with van der Waals surface area (Å²) in [5.74, 6) is -2.89. The van der Waals surface area contributed by atoms with Gasteiger partial charge >= 0.3 is 0 Å². The summed E-state index contributed by atoms with van der Waals surface area (Å²) in [6.07, 6.45) is 2.90. The molecule has 0 unspecified atom stereocenters. The highest BCUT2D eigenvalue weighted by atomic mass is 35.5. The van der Waals surface area contributed by atoms with E-state index >= 15 is 0 Å². The first-order valence-corrected chi connectivity index (χ1v) is 12.4. The van der Waals surface area contributed by atoms with E-state index in [-0.39, 0.29) is 17.9 Å². The number of carbonyl (C=O) groups excluding carboxylic acids is 4. The molecule has 0 radical (unpaired) electrons. The van der Waals surface area contributed by atoms with E-state index in [2.05, 4.69) is 0 Å². The molecule has 178 valence electrons. The van der Waals surface area contributed by atoms with Gasteiger partial charge in [0.25, 0.3) is 17.7 Å². The standard InChI is InChI=1S/C25H23Cl3N2O4/c26-14-13-21(22(31)15-5-9-17(27)10-6-15)29(23(32)16-7-11-18(28)12-8-16)30-24(33)19-3-1-2-4-20(19)25(30)34/h5-12,19-21H,1-4,13-14H2/t19-,20-,21-/m0/s1. The number of nitrogens with zero attached hydrogens (tertiary/aromatic N) is 2. The van der Waals surface area contributed by atoms with Crippen LogP contribution in [-0.4, -0.2) is 45.4 Å². The molecule has 2 aromatic rings. The van der Waals surface area contributed by atoms with Crippen molar-refractivity contribution in [2.45, 2.75) is 38.1 Å². The van der Waals surface area contributed by atoms with E-state index in [1.807, 2.05) is 0 Å². The number of Topliss-reactive ketones (excluding diaryl/α,β-unsaturated/α-hetero) is 1. The lowest BCUT2D eigenvalue weighted by molar-refractivity contribution is -0.156. The number of imide groups is 1. The molecule has 0 N–H and O–H groups in total. The minimum Gasteiger partial charge on any atom is -0.292 e. The van der Waals surface area contributed by atoms with Crippen LogP contribution < -0.4 is 0 Å². The molecule has 9 heteroatoms. The van der Waals surface area contributed by atoms with E-state index in [4.69, 9.17) is 34.8 Å². The maximum Gasteiger partial charge on any atom is 0.273 e. The molecule has 2 aromatic carbocycles. The fourth-order valence-corrected chi connectivity index (χ4v) is 5.19. The summed E-state index contributed by atoms with van der Waals surface area (Å²) in [6.45, 7) is 0. The van der Waals surface area contributed by atoms with Crippen LogP contribution in [0.15, 0.2) is 48.5 Å². The van der Waals surface area contributed by atoms with Gasteiger partial charge < -0.3 is 0 Å². The molecule has 3 amide bonds. The number of fused-ring (bicyclic) bond motifs is 1. The number of ketones is 1. The Kier molecular flexibility index (Phi) is 7.60. The zero-order valence-electron chi connectivity index (χ0n) is 18.3. The van der Waals surface area contributed by atoms with E-state index < -0.39 is 41.4 Å². The topological polar surface area (TPSA) is 74.8 Å². The van der Waals surface area contributed by atoms with Crippen molar-refractivity contribution in [1.29, 1.82) is 0 Å². The Labute approximate surface area is 212 Å². The van der Waals surface area contributed by atoms with Crippen molar-refractivity contribution in [3.8, 4) is 0 Å². The summed E-state index contributed by atoms with van der Waals surface area (Å²) < 4.78 is 0. The SMILES string of the molecule is O=C(c1ccc(Cl)cc1)[C@H](CCCl)N(C(=O)c1ccc(Cl)cc1)N1C(=O)[C@H]2CCCC[C@@H]2C1=O. The van der Waals surface area contributed by atoms with Crippen LogP contribution in [0.1, 0.15) is 52.8 Å². The predicted octanol–water partition coefficient (Wildman–Crippen LogP) is 5.41. The Morgan fingerprint density at radius 2 is 1.32 bits per heavy atom. The van der Waals surface area contributed by atoms with Crippen LogP contribution in [-0.2, 0) is 9.59 Å². The average molecular weight is 522 g/mol. The number of hydrogen-bond donors (Lipinski definition) is 0. The second-order valence-electron chi connectivity index (χ2n) is 8.51. The molecular formula is C25H23Cl3N2O4. The molecule has 34 heavy (non-hydrogen) atoms. The third-order valence-corrected chi connectivity index (χ3v) is 7.16. The molecule has 3 atom stereocenters. The quantitative estimate of drug-likeness (QED) is 0.277. The maximum absolute atomic E-state index is 13.8. The van der Waals surface area contributed by atoms with Crippen molar-refractivity contribution in [3.05, 3.63) is 69.7 Å². The largest absolute Gasteiger partial charge is 0.292 e. The van der Waals surface area contributed by atoms with Gasteiger partial charge in [-0.15, -0.1) is 11.6 Å². The second-order valence-corrected chi connectivity index (χ2v) is 9.76. The van der Waals surface area contributed by atoms with Crippen LogP contribution in [0.2, 0.25) is 10.0 Å². The Morgan fingerprint density at radius 3 is 1.79 bits per heavy atom. The van der Waals surface area contributed by atoms with Crippen LogP contribution >= 0.6 is 34.8 Å². The number of alkyl halides is 1. The van der Waals surface area contributed by atoms with Gasteiger partial charge in [-0.2, -0.15) is 5.01 Å². The highest BCUT2D eigenvalue weighted by Crippen LogP contribution is 2.40. The number of hydrogen-bond acceptors (Lipinski definition) is 4. The molecule has 6 nitrogen and oxygen atoms in total. The van der Waals surface area contributed by atoms with Gasteiger partial charge in [0.05, 0.1) is 11.8 Å². The van der Waals surface area contributed by atoms with Gasteiger partial charge in [0.15, 0.2) is 5.78 Å². The van der Waals surface area contributed by atoms with E-state index in [0.29, 0.717) is 28.5 Å². The molecule has 1 heterocycles. The number of carbonyl (C=O) groups is 4. The predicted molar refractivity (Wildman–Crippen MR) is 130 cm³/mol. The first-order valence-electron chi connectivity index (χ1n) is 11.2. The van der Waals surface area contributed by atoms with Gasteiger partial charge in [-0.3, -0.25) is 19.2 Å². The van der Waals surface area contributed by atoms with Crippen LogP contribution in [0.4, 0.5) is 0 Å². The third kappa shape index (κ3) is 4.72. The van der Waals surface area contributed by atoms with Gasteiger partial charge in [0, 0.05) is 27.1 Å². The monoisotopic (exact) mass is 520 g/mol. The van der Waals surface area contributed by atoms with Gasteiger partial charge in [-0.05, 0) is 67.8 Å². The number of rotatable bonds is 7. The summed E-state index contributed by atoms with van der Waals surface area (Å²) in [4.78, 5) is 54.2. The van der Waals surface area contributed by atoms with Crippen molar-refractivity contribution in [2.24, 2.45) is 11.8 Å². The lowest BCUT2D eigenvalue weighted by atomic mass is 9.81. The first kappa shape index (κ1) is 24.7. The first-order chi connectivity index (χ1) is 16.3. The molecule has 0 bridgehead atoms. The van der Waals surface area contributed by atoms with Crippen LogP contribution in [0.3, 0.4) is 0 Å². The summed E-state index contributed by atoms with van der Waals surface area (Å²) >= 11 is 18.0. The molecule has 2 fully saturated rings. The lowest BCUT2D eigenvalue weighted by Gasteiger charge is -2.36. The second kappa shape index (κ2) is 10.5. The highest BCUT2D eigenvalue weighted by Gasteiger charge is 2.53. The summed E-state index contributed by atoms with van der Waals surface area (Å²) in [7, 11) is 0. The average Bonchev–Trinajstić information content (AvgIpc) is 3.09. The van der Waals surface area contributed by atoms with E-state index in [0.717, 1.165) is 22.9 Å². The van der Waals surface area contributed by atoms with Crippen LogP contribution in [0, 0.1) is 11.8 Å². The van der Waals surface area contributed by atoms with Gasteiger partial charge in [-0.25, -0.2) is 5.01 Å². The van der Waals surface area contributed by atoms with Crippen molar-refractivity contribution in [1.82, 2.24) is 10.0 Å². The number of hydrazine groups is 1. The molecule has 1 saturated carbocycles. The normalized spacial score (nSPS) is 20.7. The van der Waals surface area contributed by atoms with Crippen LogP contribution in [0.5, 0.6) is 0 Å². The van der Waals surface area contributed by atoms with Crippen molar-refractivity contribution >= 4 is 58.3 Å². The summed E-state index contributed by atoms with van der Waals surface area (Å²) in [5.41, 5.74) is 0.494. The molecule has 0 aromatic heterocycles. The zero-order chi connectivity index (χ0) is 24.4. The minimum absolute atomic E-state index is 0.0392. The smallest absolute Gasteiger partial charge is 0.273 e. The molecule has 2 aliphatic rings. The van der Waals surface area contributed by atoms with Gasteiger partial charge in [0.2, 0.25) is 0 Å². The molecule has 1 aliphatic heterocycles. The zero-order valence-corrected chi connectivity index (χ0v) is 20.5. The summed E-state index contributed by atoms with van der Waals surface area (Å²) in [5, 5.41) is 2.80. The van der Waals surface area contributed by atoms with Gasteiger partial charge in [0.1, 0.15) is 6.04 Å². The van der Waals surface area contributed by atoms with Crippen molar-refractivity contribution in [2.75, 3.05) is 5.88 Å². The third-order valence-electron chi connectivity index (χ3n) is 6.44. The van der Waals surface area contributed by atoms with Crippen LogP contribution in [0.25, 0.3) is 0 Å². The number of halogens is 3. The van der Waals surface area contributed by atoms with Gasteiger partial charge in [-0.1, -0.05) is 36.0 Å². The maximum atomic E-state index is 13.8. The van der Waals surface area contributed by atoms with E-state index in [9.17, 15) is 19.2 Å². The Hall–Kier alpha value is -2.41. The van der Waals surface area contributed by atoms with E-state index in [1.165, 1.54) is 24.3 Å². The Morgan fingerprint density at radius 1 is 0.853 bits per heavy atom. The minimum atomic E-state index is -1.16. The molecule has 4 rings (SSSR count). The molecular weight excluding hydrogens is 499 g/mol. The Bertz CT molecular complexity index is 1080. The summed E-state index contributed by atoms with van der Waals surface area (Å²) in [6, 6.07) is 11.2. The molecule has 0 spiro atoms. The lowest BCUT2D eigenvalue weighted by Crippen LogP contribution is -2.57. The highest BCUT2D eigenvalue weighted by molar-refractivity contribution is 6.31. The van der Waals surface area contributed by atoms with Crippen molar-refractivity contribution < 1.29 is 19.2 Å². The number of benzene rings is 2. The number of amides is 3. The molecule has 1 saturated heterocycles. The Balaban J connectivity index is 1.80. The molecule has 1 aliphatic carbocycles.